The van der Waals surface area contributed by atoms with Crippen molar-refractivity contribution >= 4 is 43.2 Å². The summed E-state index contributed by atoms with van der Waals surface area (Å²) in [7, 11) is 0. The molecule has 2 nitrogen and oxygen atoms in total. The van der Waals surface area contributed by atoms with Crippen molar-refractivity contribution in [2.45, 2.75) is 0 Å². The molecular formula is C36H22N2. The molecule has 0 saturated carbocycles. The van der Waals surface area contributed by atoms with Crippen molar-refractivity contribution in [2.24, 2.45) is 0 Å². The molecule has 0 N–H and O–H groups in total. The van der Waals surface area contributed by atoms with Gasteiger partial charge in [-0.05, 0) is 90.0 Å². The third-order valence-corrected chi connectivity index (χ3v) is 7.81. The van der Waals surface area contributed by atoms with Gasteiger partial charge in [0.15, 0.2) is 0 Å². The van der Waals surface area contributed by atoms with E-state index in [-0.39, 0.29) is 0 Å². The normalized spacial score (nSPS) is 11.7. The Bertz CT molecular complexity index is 2100. The molecule has 38 heavy (non-hydrogen) atoms. The van der Waals surface area contributed by atoms with E-state index in [0.29, 0.717) is 0 Å². The Labute approximate surface area is 220 Å². The van der Waals surface area contributed by atoms with Crippen LogP contribution in [-0.4, -0.2) is 9.97 Å². The maximum atomic E-state index is 4.53. The van der Waals surface area contributed by atoms with E-state index in [1.54, 1.807) is 0 Å². The van der Waals surface area contributed by atoms with Crippen LogP contribution in [0.4, 0.5) is 0 Å². The van der Waals surface area contributed by atoms with Crippen LogP contribution in [0.1, 0.15) is 0 Å². The first-order chi connectivity index (χ1) is 18.8. The van der Waals surface area contributed by atoms with Crippen molar-refractivity contribution in [2.75, 3.05) is 0 Å². The summed E-state index contributed by atoms with van der Waals surface area (Å²) in [6, 6.07) is 41.7. The molecule has 8 aromatic rings. The fraction of sp³-hybridized carbons (Fsp3) is 0. The Morgan fingerprint density at radius 3 is 1.55 bits per heavy atom. The second kappa shape index (κ2) is 8.22. The van der Waals surface area contributed by atoms with Crippen LogP contribution in [0.5, 0.6) is 0 Å². The van der Waals surface area contributed by atoms with Crippen molar-refractivity contribution in [1.29, 1.82) is 0 Å². The lowest BCUT2D eigenvalue weighted by Crippen LogP contribution is -1.90. The zero-order chi connectivity index (χ0) is 25.1. The highest BCUT2D eigenvalue weighted by Crippen LogP contribution is 2.42. The molecule has 0 radical (unpaired) electrons. The van der Waals surface area contributed by atoms with Gasteiger partial charge in [0.05, 0.1) is 5.52 Å². The molecule has 0 aliphatic heterocycles. The maximum absolute atomic E-state index is 4.53. The van der Waals surface area contributed by atoms with Gasteiger partial charge < -0.3 is 0 Å². The summed E-state index contributed by atoms with van der Waals surface area (Å²) in [6.07, 6.45) is 5.58. The zero-order valence-corrected chi connectivity index (χ0v) is 20.6. The summed E-state index contributed by atoms with van der Waals surface area (Å²) in [4.78, 5) is 8.74. The number of rotatable bonds is 3. The number of aromatic nitrogens is 2. The van der Waals surface area contributed by atoms with E-state index in [0.717, 1.165) is 5.52 Å². The minimum absolute atomic E-state index is 1.02. The second-order valence-corrected chi connectivity index (χ2v) is 9.84. The van der Waals surface area contributed by atoms with E-state index in [9.17, 15) is 0 Å². The summed E-state index contributed by atoms with van der Waals surface area (Å²) in [6.45, 7) is 0. The van der Waals surface area contributed by atoms with Crippen LogP contribution in [0.25, 0.3) is 76.6 Å². The molecule has 8 rings (SSSR count). The quantitative estimate of drug-likeness (QED) is 0.234. The fourth-order valence-corrected chi connectivity index (χ4v) is 6.02. The maximum Gasteiger partial charge on any atom is 0.0708 e. The summed E-state index contributed by atoms with van der Waals surface area (Å²) in [5.41, 5.74) is 8.35. The molecule has 0 bridgehead atoms. The van der Waals surface area contributed by atoms with E-state index in [4.69, 9.17) is 0 Å². The van der Waals surface area contributed by atoms with E-state index < -0.39 is 0 Å². The lowest BCUT2D eigenvalue weighted by atomic mass is 9.87. The van der Waals surface area contributed by atoms with E-state index >= 15 is 0 Å². The predicted octanol–water partition coefficient (Wildman–Crippen LogP) is 9.53. The Balaban J connectivity index is 1.31. The first-order valence-corrected chi connectivity index (χ1v) is 12.9. The summed E-state index contributed by atoms with van der Waals surface area (Å²) in [5, 5.41) is 8.95. The number of benzene rings is 6. The molecule has 6 aromatic carbocycles. The average molecular weight is 483 g/mol. The molecule has 0 spiro atoms. The minimum Gasteiger partial charge on any atom is -0.265 e. The van der Waals surface area contributed by atoms with E-state index in [1.165, 1.54) is 71.1 Å². The first-order valence-electron chi connectivity index (χ1n) is 12.9. The molecule has 2 heterocycles. The summed E-state index contributed by atoms with van der Waals surface area (Å²) in [5.74, 6) is 0. The molecule has 0 saturated heterocycles. The van der Waals surface area contributed by atoms with Gasteiger partial charge in [-0.25, -0.2) is 0 Å². The Morgan fingerprint density at radius 1 is 0.368 bits per heavy atom. The highest BCUT2D eigenvalue weighted by Gasteiger charge is 2.15. The van der Waals surface area contributed by atoms with Crippen LogP contribution in [-0.2, 0) is 0 Å². The van der Waals surface area contributed by atoms with Crippen molar-refractivity contribution in [3.8, 4) is 33.4 Å². The smallest absolute Gasteiger partial charge is 0.0708 e. The van der Waals surface area contributed by atoms with E-state index in [2.05, 4.69) is 119 Å². The molecule has 2 aromatic heterocycles. The van der Waals surface area contributed by atoms with Crippen LogP contribution in [0.3, 0.4) is 0 Å². The van der Waals surface area contributed by atoms with Crippen molar-refractivity contribution < 1.29 is 0 Å². The van der Waals surface area contributed by atoms with Gasteiger partial charge in [-0.2, -0.15) is 0 Å². The SMILES string of the molecule is c1cc(-c2ccc(-c3ccc4ccc5c(-c6ccncc6)ccc6ccc3c4c65)cc2)c2cccnc2c1. The van der Waals surface area contributed by atoms with Crippen LogP contribution in [0, 0.1) is 0 Å². The number of pyridine rings is 2. The Hall–Kier alpha value is -5.08. The topological polar surface area (TPSA) is 25.8 Å². The lowest BCUT2D eigenvalue weighted by molar-refractivity contribution is 1.33. The minimum atomic E-state index is 1.02. The van der Waals surface area contributed by atoms with Crippen LogP contribution in [0.15, 0.2) is 134 Å². The van der Waals surface area contributed by atoms with Gasteiger partial charge in [-0.1, -0.05) is 91.0 Å². The number of nitrogens with zero attached hydrogens (tertiary/aromatic N) is 2. The lowest BCUT2D eigenvalue weighted by Gasteiger charge is -2.16. The Kier molecular flexibility index (Phi) is 4.55. The average Bonchev–Trinajstić information content (AvgIpc) is 3.00. The number of fused-ring (bicyclic) bond motifs is 1. The van der Waals surface area contributed by atoms with Crippen LogP contribution < -0.4 is 0 Å². The van der Waals surface area contributed by atoms with Crippen molar-refractivity contribution in [1.82, 2.24) is 9.97 Å². The van der Waals surface area contributed by atoms with Gasteiger partial charge in [-0.3, -0.25) is 9.97 Å². The van der Waals surface area contributed by atoms with Crippen molar-refractivity contribution in [3.63, 3.8) is 0 Å². The fourth-order valence-electron chi connectivity index (χ4n) is 6.02. The molecule has 176 valence electrons. The monoisotopic (exact) mass is 482 g/mol. The number of hydrogen-bond acceptors (Lipinski definition) is 2. The zero-order valence-electron chi connectivity index (χ0n) is 20.6. The van der Waals surface area contributed by atoms with Gasteiger partial charge in [-0.15, -0.1) is 0 Å². The highest BCUT2D eigenvalue weighted by molar-refractivity contribution is 6.27. The molecule has 0 aliphatic rings. The number of hydrogen-bond donors (Lipinski definition) is 0. The first kappa shape index (κ1) is 21.0. The molecule has 0 atom stereocenters. The van der Waals surface area contributed by atoms with Gasteiger partial charge in [0.2, 0.25) is 0 Å². The predicted molar refractivity (Wildman–Crippen MR) is 160 cm³/mol. The highest BCUT2D eigenvalue weighted by atomic mass is 14.6. The molecule has 0 aliphatic carbocycles. The van der Waals surface area contributed by atoms with Crippen molar-refractivity contribution in [3.05, 3.63) is 134 Å². The van der Waals surface area contributed by atoms with Gasteiger partial charge in [0, 0.05) is 24.0 Å². The third kappa shape index (κ3) is 3.14. The standard InChI is InChI=1S/C36H22N2/c1-3-28(31-4-2-20-38-34(31)5-1)23-6-8-24(9-7-23)29-14-10-26-13-17-33-30(25-18-21-37-22-19-25)15-11-27-12-16-32(29)35(26)36(27)33/h1-22H. The van der Waals surface area contributed by atoms with E-state index in [1.807, 2.05) is 24.7 Å². The second-order valence-electron chi connectivity index (χ2n) is 9.84. The molecule has 0 fully saturated rings. The van der Waals surface area contributed by atoms with Crippen LogP contribution in [0.2, 0.25) is 0 Å². The molecule has 2 heteroatoms. The third-order valence-electron chi connectivity index (χ3n) is 7.81. The molecular weight excluding hydrogens is 460 g/mol. The Morgan fingerprint density at radius 2 is 0.921 bits per heavy atom. The van der Waals surface area contributed by atoms with Gasteiger partial charge in [0.1, 0.15) is 0 Å². The summed E-state index contributed by atoms with van der Waals surface area (Å²) < 4.78 is 0. The van der Waals surface area contributed by atoms with Crippen LogP contribution >= 0.6 is 0 Å². The molecule has 0 amide bonds. The molecule has 0 unspecified atom stereocenters. The van der Waals surface area contributed by atoms with Gasteiger partial charge in [0.25, 0.3) is 0 Å². The summed E-state index contributed by atoms with van der Waals surface area (Å²) >= 11 is 0. The largest absolute Gasteiger partial charge is 0.265 e. The van der Waals surface area contributed by atoms with Gasteiger partial charge >= 0.3 is 0 Å².